The highest BCUT2D eigenvalue weighted by molar-refractivity contribution is 4.65. The molecule has 0 aliphatic rings. The zero-order valence-corrected chi connectivity index (χ0v) is 9.47. The summed E-state index contributed by atoms with van der Waals surface area (Å²) in [6.45, 7) is 9.09. The lowest BCUT2D eigenvalue weighted by Crippen LogP contribution is -2.24. The van der Waals surface area contributed by atoms with Gasteiger partial charge in [0.15, 0.2) is 0 Å². The first kappa shape index (κ1) is 12.9. The summed E-state index contributed by atoms with van der Waals surface area (Å²) in [5, 5.41) is 9.29. The third-order valence-electron chi connectivity index (χ3n) is 2.50. The molecule has 0 saturated carbocycles. The molecule has 0 aliphatic carbocycles. The Morgan fingerprint density at radius 3 is 2.38 bits per heavy atom. The van der Waals surface area contributed by atoms with Gasteiger partial charge in [0.2, 0.25) is 0 Å². The van der Waals surface area contributed by atoms with Crippen molar-refractivity contribution in [3.8, 4) is 0 Å². The van der Waals surface area contributed by atoms with Crippen LogP contribution < -0.4 is 0 Å². The first-order valence-corrected chi connectivity index (χ1v) is 5.34. The van der Waals surface area contributed by atoms with Crippen LogP contribution in [0.4, 0.5) is 0 Å². The first-order valence-electron chi connectivity index (χ1n) is 5.34. The molecular weight excluding hydrogens is 164 g/mol. The molecule has 0 aromatic carbocycles. The molecule has 0 rings (SSSR count). The first-order chi connectivity index (χ1) is 6.02. The van der Waals surface area contributed by atoms with Crippen molar-refractivity contribution in [2.75, 3.05) is 6.61 Å². The van der Waals surface area contributed by atoms with Gasteiger partial charge in [0.25, 0.3) is 0 Å². The summed E-state index contributed by atoms with van der Waals surface area (Å²) in [5.74, 6) is 0. The zero-order chi connectivity index (χ0) is 10.3. The lowest BCUT2D eigenvalue weighted by molar-refractivity contribution is -0.0249. The maximum Gasteiger partial charge on any atom is 0.0623 e. The molecule has 0 radical (unpaired) electrons. The van der Waals surface area contributed by atoms with Crippen molar-refractivity contribution in [3.05, 3.63) is 0 Å². The number of rotatable bonds is 7. The van der Waals surface area contributed by atoms with E-state index < -0.39 is 0 Å². The highest BCUT2D eigenvalue weighted by Crippen LogP contribution is 2.14. The number of aliphatic hydroxyl groups excluding tert-OH is 1. The Morgan fingerprint density at radius 1 is 1.31 bits per heavy atom. The molecule has 0 spiro atoms. The minimum absolute atomic E-state index is 0.00281. The van der Waals surface area contributed by atoms with Crippen molar-refractivity contribution >= 4 is 0 Å². The summed E-state index contributed by atoms with van der Waals surface area (Å²) in [6, 6.07) is 0. The van der Waals surface area contributed by atoms with Crippen LogP contribution in [0.25, 0.3) is 0 Å². The van der Waals surface area contributed by atoms with E-state index in [2.05, 4.69) is 20.8 Å². The number of hydrogen-bond donors (Lipinski definition) is 1. The van der Waals surface area contributed by atoms with Gasteiger partial charge in [0.1, 0.15) is 0 Å². The Labute approximate surface area is 82.3 Å². The molecule has 0 bridgehead atoms. The smallest absolute Gasteiger partial charge is 0.0623 e. The SMILES string of the molecule is CCC(O)CCCOC(C)(C)CC. The van der Waals surface area contributed by atoms with Crippen LogP contribution in [-0.4, -0.2) is 23.4 Å². The van der Waals surface area contributed by atoms with Gasteiger partial charge in [-0.15, -0.1) is 0 Å². The minimum Gasteiger partial charge on any atom is -0.393 e. The van der Waals surface area contributed by atoms with E-state index in [1.807, 2.05) is 6.92 Å². The third-order valence-corrected chi connectivity index (χ3v) is 2.50. The molecule has 0 saturated heterocycles. The van der Waals surface area contributed by atoms with Crippen LogP contribution in [0.15, 0.2) is 0 Å². The molecule has 1 N–H and O–H groups in total. The standard InChI is InChI=1S/C11H24O2/c1-5-10(12)8-7-9-13-11(3,4)6-2/h10,12H,5-9H2,1-4H3. The fourth-order valence-corrected chi connectivity index (χ4v) is 0.974. The van der Waals surface area contributed by atoms with Gasteiger partial charge in [-0.2, -0.15) is 0 Å². The van der Waals surface area contributed by atoms with Crippen LogP contribution >= 0.6 is 0 Å². The highest BCUT2D eigenvalue weighted by Gasteiger charge is 2.14. The van der Waals surface area contributed by atoms with Gasteiger partial charge in [-0.05, 0) is 39.5 Å². The van der Waals surface area contributed by atoms with Gasteiger partial charge in [0.05, 0.1) is 11.7 Å². The van der Waals surface area contributed by atoms with Gasteiger partial charge in [-0.1, -0.05) is 13.8 Å². The van der Waals surface area contributed by atoms with Crippen LogP contribution in [0.2, 0.25) is 0 Å². The Balaban J connectivity index is 3.35. The Kier molecular flexibility index (Phi) is 6.35. The predicted octanol–water partition coefficient (Wildman–Crippen LogP) is 2.74. The molecule has 1 unspecified atom stereocenters. The predicted molar refractivity (Wildman–Crippen MR) is 55.9 cm³/mol. The average molecular weight is 188 g/mol. The maximum atomic E-state index is 9.29. The summed E-state index contributed by atoms with van der Waals surface area (Å²) in [6.07, 6.45) is 3.54. The Morgan fingerprint density at radius 2 is 1.92 bits per heavy atom. The molecule has 2 nitrogen and oxygen atoms in total. The topological polar surface area (TPSA) is 29.5 Å². The van der Waals surface area contributed by atoms with E-state index in [1.165, 1.54) is 0 Å². The summed E-state index contributed by atoms with van der Waals surface area (Å²) in [5.41, 5.74) is -0.00281. The van der Waals surface area contributed by atoms with Crippen molar-refractivity contribution in [1.29, 1.82) is 0 Å². The molecule has 0 fully saturated rings. The quantitative estimate of drug-likeness (QED) is 0.622. The second kappa shape index (κ2) is 6.39. The molecule has 0 aromatic heterocycles. The van der Waals surface area contributed by atoms with E-state index in [-0.39, 0.29) is 11.7 Å². The third kappa shape index (κ3) is 7.03. The number of aliphatic hydroxyl groups is 1. The normalized spacial score (nSPS) is 14.5. The maximum absolute atomic E-state index is 9.29. The fourth-order valence-electron chi connectivity index (χ4n) is 0.974. The van der Waals surface area contributed by atoms with Gasteiger partial charge < -0.3 is 9.84 Å². The molecule has 13 heavy (non-hydrogen) atoms. The summed E-state index contributed by atoms with van der Waals surface area (Å²) in [7, 11) is 0. The van der Waals surface area contributed by atoms with E-state index in [4.69, 9.17) is 4.74 Å². The average Bonchev–Trinajstić information content (AvgIpc) is 2.12. The molecule has 0 aromatic rings. The number of ether oxygens (including phenoxy) is 1. The van der Waals surface area contributed by atoms with Crippen LogP contribution in [0, 0.1) is 0 Å². The second-order valence-corrected chi connectivity index (χ2v) is 4.17. The van der Waals surface area contributed by atoms with Crippen molar-refractivity contribution in [1.82, 2.24) is 0 Å². The van der Waals surface area contributed by atoms with Crippen LogP contribution in [0.5, 0.6) is 0 Å². The summed E-state index contributed by atoms with van der Waals surface area (Å²) >= 11 is 0. The van der Waals surface area contributed by atoms with E-state index in [9.17, 15) is 5.11 Å². The molecule has 1 atom stereocenters. The monoisotopic (exact) mass is 188 g/mol. The molecular formula is C11H24O2. The lowest BCUT2D eigenvalue weighted by Gasteiger charge is -2.23. The lowest BCUT2D eigenvalue weighted by atomic mass is 10.1. The van der Waals surface area contributed by atoms with Crippen LogP contribution in [-0.2, 0) is 4.74 Å². The van der Waals surface area contributed by atoms with Gasteiger partial charge >= 0.3 is 0 Å². The van der Waals surface area contributed by atoms with E-state index in [0.29, 0.717) is 0 Å². The summed E-state index contributed by atoms with van der Waals surface area (Å²) < 4.78 is 5.66. The van der Waals surface area contributed by atoms with Gasteiger partial charge in [-0.25, -0.2) is 0 Å². The highest BCUT2D eigenvalue weighted by atomic mass is 16.5. The molecule has 0 amide bonds. The van der Waals surface area contributed by atoms with Crippen LogP contribution in [0.1, 0.15) is 53.4 Å². The molecule has 0 aliphatic heterocycles. The molecule has 0 heterocycles. The van der Waals surface area contributed by atoms with Crippen LogP contribution in [0.3, 0.4) is 0 Å². The second-order valence-electron chi connectivity index (χ2n) is 4.17. The fraction of sp³-hybridized carbons (Fsp3) is 1.00. The van der Waals surface area contributed by atoms with E-state index in [0.717, 1.165) is 32.3 Å². The zero-order valence-electron chi connectivity index (χ0n) is 9.47. The van der Waals surface area contributed by atoms with Gasteiger partial charge in [-0.3, -0.25) is 0 Å². The van der Waals surface area contributed by atoms with E-state index >= 15 is 0 Å². The Hall–Kier alpha value is -0.0800. The number of hydrogen-bond acceptors (Lipinski definition) is 2. The molecule has 80 valence electrons. The van der Waals surface area contributed by atoms with E-state index in [1.54, 1.807) is 0 Å². The Bertz CT molecular complexity index is 121. The molecule has 2 heteroatoms. The van der Waals surface area contributed by atoms with Crippen molar-refractivity contribution in [3.63, 3.8) is 0 Å². The minimum atomic E-state index is -0.145. The van der Waals surface area contributed by atoms with Crippen molar-refractivity contribution < 1.29 is 9.84 Å². The largest absolute Gasteiger partial charge is 0.393 e. The van der Waals surface area contributed by atoms with Gasteiger partial charge in [0, 0.05) is 6.61 Å². The summed E-state index contributed by atoms with van der Waals surface area (Å²) in [4.78, 5) is 0. The van der Waals surface area contributed by atoms with Crippen molar-refractivity contribution in [2.45, 2.75) is 65.1 Å². The van der Waals surface area contributed by atoms with Crippen molar-refractivity contribution in [2.24, 2.45) is 0 Å².